The van der Waals surface area contributed by atoms with Crippen molar-refractivity contribution in [2.24, 2.45) is 5.73 Å². The van der Waals surface area contributed by atoms with Crippen LogP contribution >= 0.6 is 11.8 Å². The van der Waals surface area contributed by atoms with Gasteiger partial charge in [0.2, 0.25) is 5.91 Å². The quantitative estimate of drug-likeness (QED) is 0.667. The molecule has 31 heavy (non-hydrogen) atoms. The van der Waals surface area contributed by atoms with E-state index in [0.717, 1.165) is 25.1 Å². The number of likely N-dealkylation sites (tertiary alicyclic amines) is 1. The van der Waals surface area contributed by atoms with Crippen molar-refractivity contribution in [2.45, 2.75) is 36.1 Å². The Bertz CT molecular complexity index is 1040. The van der Waals surface area contributed by atoms with Gasteiger partial charge in [-0.2, -0.15) is 10.5 Å². The lowest BCUT2D eigenvalue weighted by atomic mass is 10.0. The maximum atomic E-state index is 12.3. The van der Waals surface area contributed by atoms with Crippen LogP contribution in [0.1, 0.15) is 40.8 Å². The molecule has 1 aliphatic rings. The van der Waals surface area contributed by atoms with Crippen LogP contribution in [0.2, 0.25) is 0 Å². The molecule has 2 N–H and O–H groups in total. The fourth-order valence-corrected chi connectivity index (χ4v) is 5.01. The third-order valence-corrected chi connectivity index (χ3v) is 6.92. The van der Waals surface area contributed by atoms with Gasteiger partial charge in [-0.15, -0.1) is 0 Å². The summed E-state index contributed by atoms with van der Waals surface area (Å²) < 4.78 is 0. The van der Waals surface area contributed by atoms with Crippen LogP contribution in [-0.4, -0.2) is 49.0 Å². The molecule has 1 amide bonds. The lowest BCUT2D eigenvalue weighted by molar-refractivity contribution is -0.117. The molecule has 2 aromatic rings. The Labute approximate surface area is 187 Å². The number of hydrogen-bond donors (Lipinski definition) is 1. The highest BCUT2D eigenvalue weighted by atomic mass is 32.2. The van der Waals surface area contributed by atoms with Gasteiger partial charge in [0, 0.05) is 19.6 Å². The van der Waals surface area contributed by atoms with E-state index in [9.17, 15) is 15.3 Å². The molecule has 0 saturated carbocycles. The first-order valence-electron chi connectivity index (χ1n) is 10.2. The number of nitriles is 2. The molecule has 2 heterocycles. The molecule has 1 saturated heterocycles. The van der Waals surface area contributed by atoms with E-state index in [2.05, 4.69) is 24.1 Å². The summed E-state index contributed by atoms with van der Waals surface area (Å²) in [5.74, 6) is 0.0500. The minimum Gasteiger partial charge on any atom is -0.368 e. The number of aromatic nitrogens is 1. The van der Waals surface area contributed by atoms with Gasteiger partial charge in [0.25, 0.3) is 0 Å². The Kier molecular flexibility index (Phi) is 7.17. The van der Waals surface area contributed by atoms with E-state index in [0.29, 0.717) is 34.0 Å². The summed E-state index contributed by atoms with van der Waals surface area (Å²) in [6.45, 7) is 3.77. The maximum Gasteiger partial charge on any atom is 0.235 e. The van der Waals surface area contributed by atoms with Crippen LogP contribution in [0.4, 0.5) is 5.82 Å². The predicted octanol–water partition coefficient (Wildman–Crippen LogP) is 2.85. The van der Waals surface area contributed by atoms with Gasteiger partial charge in [0.05, 0.1) is 11.1 Å². The van der Waals surface area contributed by atoms with E-state index < -0.39 is 11.2 Å². The third-order valence-electron chi connectivity index (χ3n) is 5.66. The number of amides is 1. The molecule has 0 bridgehead atoms. The van der Waals surface area contributed by atoms with Crippen LogP contribution in [0.3, 0.4) is 0 Å². The van der Waals surface area contributed by atoms with Crippen molar-refractivity contribution < 1.29 is 4.79 Å². The van der Waals surface area contributed by atoms with Gasteiger partial charge in [-0.3, -0.25) is 4.79 Å². The first kappa shape index (κ1) is 22.6. The largest absolute Gasteiger partial charge is 0.368 e. The molecule has 2 unspecified atom stereocenters. The number of primary amides is 1. The van der Waals surface area contributed by atoms with Crippen LogP contribution in [0, 0.1) is 22.7 Å². The molecule has 1 aliphatic heterocycles. The Morgan fingerprint density at radius 1 is 1.32 bits per heavy atom. The first-order chi connectivity index (χ1) is 14.9. The highest BCUT2D eigenvalue weighted by Crippen LogP contribution is 2.39. The molecule has 0 radical (unpaired) electrons. The number of benzene rings is 1. The smallest absolute Gasteiger partial charge is 0.235 e. The second kappa shape index (κ2) is 9.82. The predicted molar refractivity (Wildman–Crippen MR) is 122 cm³/mol. The van der Waals surface area contributed by atoms with E-state index in [1.807, 2.05) is 49.2 Å². The molecule has 160 valence electrons. The Morgan fingerprint density at radius 3 is 2.52 bits per heavy atom. The maximum absolute atomic E-state index is 12.3. The fraction of sp³-hybridized carbons (Fsp3) is 0.391. The van der Waals surface area contributed by atoms with Crippen LogP contribution in [0.25, 0.3) is 0 Å². The molecule has 3 rings (SSSR count). The molecular formula is C23H26N6OS. The minimum absolute atomic E-state index is 0.223. The summed E-state index contributed by atoms with van der Waals surface area (Å²) in [5.41, 5.74) is 7.88. The number of hydrogen-bond acceptors (Lipinski definition) is 7. The number of likely N-dealkylation sites (N-methyl/N-ethyl adjacent to an activating group) is 2. The second-order valence-electron chi connectivity index (χ2n) is 7.67. The second-order valence-corrected chi connectivity index (χ2v) is 8.77. The number of anilines is 1. The number of rotatable bonds is 7. The lowest BCUT2D eigenvalue weighted by Gasteiger charge is -2.28. The summed E-state index contributed by atoms with van der Waals surface area (Å²) >= 11 is 1.17. The summed E-state index contributed by atoms with van der Waals surface area (Å²) in [6.07, 6.45) is 1.48. The zero-order chi connectivity index (χ0) is 22.5. The summed E-state index contributed by atoms with van der Waals surface area (Å²) in [5, 5.41) is 19.6. The van der Waals surface area contributed by atoms with E-state index in [-0.39, 0.29) is 6.04 Å². The number of nitrogens with zero attached hydrogens (tertiary/aromatic N) is 5. The van der Waals surface area contributed by atoms with Gasteiger partial charge in [-0.25, -0.2) is 4.98 Å². The number of carbonyl (C=O) groups is 1. The van der Waals surface area contributed by atoms with Gasteiger partial charge in [-0.05, 0) is 37.6 Å². The van der Waals surface area contributed by atoms with Gasteiger partial charge < -0.3 is 15.5 Å². The highest BCUT2D eigenvalue weighted by Gasteiger charge is 2.30. The highest BCUT2D eigenvalue weighted by molar-refractivity contribution is 8.00. The van der Waals surface area contributed by atoms with Crippen molar-refractivity contribution >= 4 is 23.5 Å². The van der Waals surface area contributed by atoms with Crippen LogP contribution in [0.15, 0.2) is 35.4 Å². The van der Waals surface area contributed by atoms with E-state index in [1.165, 1.54) is 11.8 Å². The van der Waals surface area contributed by atoms with Crippen molar-refractivity contribution in [3.05, 3.63) is 52.6 Å². The van der Waals surface area contributed by atoms with Gasteiger partial charge in [-0.1, -0.05) is 49.0 Å². The van der Waals surface area contributed by atoms with Crippen molar-refractivity contribution in [3.8, 4) is 12.1 Å². The number of pyridine rings is 1. The zero-order valence-electron chi connectivity index (χ0n) is 18.0. The zero-order valence-corrected chi connectivity index (χ0v) is 18.8. The molecule has 0 spiro atoms. The van der Waals surface area contributed by atoms with E-state index in [1.54, 1.807) is 0 Å². The van der Waals surface area contributed by atoms with E-state index >= 15 is 0 Å². The van der Waals surface area contributed by atoms with Crippen LogP contribution < -0.4 is 10.6 Å². The van der Waals surface area contributed by atoms with Crippen molar-refractivity contribution in [1.82, 2.24) is 9.88 Å². The first-order valence-corrected chi connectivity index (χ1v) is 11.1. The van der Waals surface area contributed by atoms with Gasteiger partial charge in [0.1, 0.15) is 28.2 Å². The topological polar surface area (TPSA) is 110 Å². The van der Waals surface area contributed by atoms with Crippen molar-refractivity contribution in [2.75, 3.05) is 32.1 Å². The SMILES string of the molecule is CCc1c(C#N)c(SC(C(N)=O)c2ccccc2)nc(N(C)C2CCN(C)C2)c1C#N. The fourth-order valence-electron chi connectivity index (χ4n) is 3.95. The molecule has 0 aliphatic carbocycles. The summed E-state index contributed by atoms with van der Waals surface area (Å²) in [6, 6.07) is 13.9. The Balaban J connectivity index is 2.12. The minimum atomic E-state index is -0.686. The van der Waals surface area contributed by atoms with Crippen LogP contribution in [0.5, 0.6) is 0 Å². The normalized spacial score (nSPS) is 17.0. The Hall–Kier alpha value is -3.07. The standard InChI is InChI=1S/C23H26N6OS/c1-4-17-18(12-24)22(29(3)16-10-11-28(2)14-16)27-23(19(17)13-25)31-20(21(26)30)15-8-6-5-7-9-15/h5-9,16,20H,4,10-11,14H2,1-3H3,(H2,26,30). The molecule has 1 fully saturated rings. The molecule has 7 nitrogen and oxygen atoms in total. The van der Waals surface area contributed by atoms with Gasteiger partial charge >= 0.3 is 0 Å². The molecule has 2 atom stereocenters. The number of carbonyl (C=O) groups excluding carboxylic acids is 1. The van der Waals surface area contributed by atoms with Crippen molar-refractivity contribution in [3.63, 3.8) is 0 Å². The third kappa shape index (κ3) is 4.66. The average molecular weight is 435 g/mol. The lowest BCUT2D eigenvalue weighted by Crippen LogP contribution is -2.35. The average Bonchev–Trinajstić information content (AvgIpc) is 3.22. The van der Waals surface area contributed by atoms with Crippen molar-refractivity contribution in [1.29, 1.82) is 10.5 Å². The van der Waals surface area contributed by atoms with E-state index in [4.69, 9.17) is 10.7 Å². The number of nitrogens with two attached hydrogens (primary N) is 1. The number of thioether (sulfide) groups is 1. The Morgan fingerprint density at radius 2 is 2.00 bits per heavy atom. The summed E-state index contributed by atoms with van der Waals surface area (Å²) in [7, 11) is 4.01. The molecule has 8 heteroatoms. The molecular weight excluding hydrogens is 408 g/mol. The molecule has 1 aromatic carbocycles. The monoisotopic (exact) mass is 434 g/mol. The van der Waals surface area contributed by atoms with Crippen LogP contribution in [-0.2, 0) is 11.2 Å². The summed E-state index contributed by atoms with van der Waals surface area (Å²) in [4.78, 5) is 21.3. The molecule has 1 aromatic heterocycles. The van der Waals surface area contributed by atoms with Gasteiger partial charge in [0.15, 0.2) is 0 Å².